The highest BCUT2D eigenvalue weighted by Crippen LogP contribution is 2.24. The smallest absolute Gasteiger partial charge is 0.0948 e. The van der Waals surface area contributed by atoms with Gasteiger partial charge in [0.05, 0.1) is 24.2 Å². The summed E-state index contributed by atoms with van der Waals surface area (Å²) in [5.74, 6) is 0. The Kier molecular flexibility index (Phi) is 4.74. The maximum absolute atomic E-state index is 5.97. The van der Waals surface area contributed by atoms with E-state index in [0.717, 1.165) is 32.5 Å². The summed E-state index contributed by atoms with van der Waals surface area (Å²) < 4.78 is 7.59. The molecule has 5 nitrogen and oxygen atoms in total. The minimum Gasteiger partial charge on any atom is -0.381 e. The number of nitrogens with two attached hydrogens (primary N) is 1. The van der Waals surface area contributed by atoms with Gasteiger partial charge in [-0.3, -0.25) is 4.90 Å². The van der Waals surface area contributed by atoms with Gasteiger partial charge in [-0.1, -0.05) is 0 Å². The first-order valence-corrected chi connectivity index (χ1v) is 6.77. The van der Waals surface area contributed by atoms with E-state index in [1.54, 1.807) is 7.11 Å². The first kappa shape index (κ1) is 13.5. The Bertz CT molecular complexity index is 358. The van der Waals surface area contributed by atoms with Crippen LogP contribution in [0.4, 0.5) is 0 Å². The Morgan fingerprint density at radius 3 is 2.78 bits per heavy atom. The van der Waals surface area contributed by atoms with E-state index in [-0.39, 0.29) is 6.04 Å². The van der Waals surface area contributed by atoms with E-state index < -0.39 is 0 Å². The zero-order chi connectivity index (χ0) is 13.0. The molecule has 102 valence electrons. The number of methoxy groups -OCH3 is 1. The SMILES string of the molecule is CCn1cncc1C(CN)N1CCC(OC)CC1. The van der Waals surface area contributed by atoms with Gasteiger partial charge in [-0.15, -0.1) is 0 Å². The molecular weight excluding hydrogens is 228 g/mol. The molecule has 18 heavy (non-hydrogen) atoms. The lowest BCUT2D eigenvalue weighted by Gasteiger charge is -2.36. The van der Waals surface area contributed by atoms with Gasteiger partial charge in [0.15, 0.2) is 0 Å². The van der Waals surface area contributed by atoms with E-state index in [0.29, 0.717) is 12.6 Å². The van der Waals surface area contributed by atoms with Gasteiger partial charge in [0, 0.05) is 39.5 Å². The van der Waals surface area contributed by atoms with E-state index in [9.17, 15) is 0 Å². The molecule has 1 aliphatic rings. The lowest BCUT2D eigenvalue weighted by molar-refractivity contribution is 0.0269. The standard InChI is InChI=1S/C13H24N4O/c1-3-16-10-15-9-13(16)12(8-14)17-6-4-11(18-2)5-7-17/h9-12H,3-8,14H2,1-2H3. The van der Waals surface area contributed by atoms with Gasteiger partial charge >= 0.3 is 0 Å². The van der Waals surface area contributed by atoms with Crippen molar-refractivity contribution in [3.63, 3.8) is 0 Å². The molecule has 0 spiro atoms. The number of likely N-dealkylation sites (tertiary alicyclic amines) is 1. The van der Waals surface area contributed by atoms with Gasteiger partial charge < -0.3 is 15.0 Å². The molecule has 2 rings (SSSR count). The predicted octanol–water partition coefficient (Wildman–Crippen LogP) is 1.01. The molecule has 0 radical (unpaired) electrons. The second-order valence-corrected chi connectivity index (χ2v) is 4.83. The van der Waals surface area contributed by atoms with Crippen molar-refractivity contribution in [1.29, 1.82) is 0 Å². The molecule has 1 fully saturated rings. The van der Waals surface area contributed by atoms with Crippen LogP contribution in [0.15, 0.2) is 12.5 Å². The first-order chi connectivity index (χ1) is 8.80. The largest absolute Gasteiger partial charge is 0.381 e. The zero-order valence-corrected chi connectivity index (χ0v) is 11.4. The second-order valence-electron chi connectivity index (χ2n) is 4.83. The maximum Gasteiger partial charge on any atom is 0.0948 e. The number of imidazole rings is 1. The molecule has 2 N–H and O–H groups in total. The third kappa shape index (κ3) is 2.74. The first-order valence-electron chi connectivity index (χ1n) is 6.77. The van der Waals surface area contributed by atoms with E-state index in [1.165, 1.54) is 5.69 Å². The van der Waals surface area contributed by atoms with Crippen LogP contribution in [0.2, 0.25) is 0 Å². The number of aryl methyl sites for hydroxylation is 1. The van der Waals surface area contributed by atoms with Crippen molar-refractivity contribution in [3.8, 4) is 0 Å². The van der Waals surface area contributed by atoms with Crippen LogP contribution in [0.3, 0.4) is 0 Å². The molecule has 0 saturated carbocycles. The van der Waals surface area contributed by atoms with Gasteiger partial charge in [-0.2, -0.15) is 0 Å². The summed E-state index contributed by atoms with van der Waals surface area (Å²) >= 11 is 0. The number of piperidine rings is 1. The van der Waals surface area contributed by atoms with Crippen molar-refractivity contribution in [2.45, 2.75) is 38.5 Å². The Morgan fingerprint density at radius 2 is 2.22 bits per heavy atom. The molecular formula is C13H24N4O. The molecule has 1 aliphatic heterocycles. The summed E-state index contributed by atoms with van der Waals surface area (Å²) in [6.07, 6.45) is 6.43. The average Bonchev–Trinajstić information content (AvgIpc) is 2.89. The number of hydrogen-bond donors (Lipinski definition) is 1. The Morgan fingerprint density at radius 1 is 1.50 bits per heavy atom. The number of rotatable bonds is 5. The predicted molar refractivity (Wildman–Crippen MR) is 71.3 cm³/mol. The van der Waals surface area contributed by atoms with Gasteiger partial charge in [-0.05, 0) is 19.8 Å². The highest BCUT2D eigenvalue weighted by molar-refractivity contribution is 5.07. The normalized spacial score (nSPS) is 20.2. The van der Waals surface area contributed by atoms with E-state index >= 15 is 0 Å². The number of aromatic nitrogens is 2. The molecule has 2 heterocycles. The van der Waals surface area contributed by atoms with Crippen molar-refractivity contribution in [2.24, 2.45) is 5.73 Å². The molecule has 0 bridgehead atoms. The summed E-state index contributed by atoms with van der Waals surface area (Å²) in [5, 5.41) is 0. The quantitative estimate of drug-likeness (QED) is 0.850. The van der Waals surface area contributed by atoms with Crippen molar-refractivity contribution in [2.75, 3.05) is 26.7 Å². The van der Waals surface area contributed by atoms with Crippen LogP contribution in [0.5, 0.6) is 0 Å². The Hall–Kier alpha value is -0.910. The van der Waals surface area contributed by atoms with Crippen LogP contribution in [0.1, 0.15) is 31.5 Å². The summed E-state index contributed by atoms with van der Waals surface area (Å²) in [7, 11) is 1.80. The average molecular weight is 252 g/mol. The zero-order valence-electron chi connectivity index (χ0n) is 11.4. The lowest BCUT2D eigenvalue weighted by Crippen LogP contribution is -2.42. The van der Waals surface area contributed by atoms with E-state index in [1.807, 2.05) is 12.5 Å². The third-order valence-corrected chi connectivity index (χ3v) is 3.90. The molecule has 1 unspecified atom stereocenters. The van der Waals surface area contributed by atoms with Crippen LogP contribution in [0, 0.1) is 0 Å². The Labute approximate surface area is 109 Å². The van der Waals surface area contributed by atoms with Gasteiger partial charge in [-0.25, -0.2) is 4.98 Å². The molecule has 5 heteroatoms. The molecule has 0 aromatic carbocycles. The topological polar surface area (TPSA) is 56.3 Å². The van der Waals surface area contributed by atoms with Gasteiger partial charge in [0.1, 0.15) is 0 Å². The minimum absolute atomic E-state index is 0.283. The van der Waals surface area contributed by atoms with E-state index in [2.05, 4.69) is 21.4 Å². The molecule has 0 amide bonds. The fourth-order valence-corrected chi connectivity index (χ4v) is 2.75. The molecule has 1 aromatic heterocycles. The molecule has 1 aromatic rings. The number of hydrogen-bond acceptors (Lipinski definition) is 4. The third-order valence-electron chi connectivity index (χ3n) is 3.90. The summed E-state index contributed by atoms with van der Waals surface area (Å²) in [6, 6.07) is 0.283. The van der Waals surface area contributed by atoms with Crippen molar-refractivity contribution in [3.05, 3.63) is 18.2 Å². The van der Waals surface area contributed by atoms with Crippen LogP contribution in [0.25, 0.3) is 0 Å². The highest BCUT2D eigenvalue weighted by atomic mass is 16.5. The fraction of sp³-hybridized carbons (Fsp3) is 0.769. The fourth-order valence-electron chi connectivity index (χ4n) is 2.75. The number of nitrogens with zero attached hydrogens (tertiary/aromatic N) is 3. The molecule has 1 saturated heterocycles. The van der Waals surface area contributed by atoms with Crippen LogP contribution < -0.4 is 5.73 Å². The Balaban J connectivity index is 2.05. The van der Waals surface area contributed by atoms with Crippen LogP contribution in [-0.2, 0) is 11.3 Å². The van der Waals surface area contributed by atoms with Gasteiger partial charge in [0.25, 0.3) is 0 Å². The minimum atomic E-state index is 0.283. The van der Waals surface area contributed by atoms with Crippen molar-refractivity contribution < 1.29 is 4.74 Å². The number of ether oxygens (including phenoxy) is 1. The monoisotopic (exact) mass is 252 g/mol. The second kappa shape index (κ2) is 6.31. The van der Waals surface area contributed by atoms with Crippen LogP contribution in [-0.4, -0.2) is 47.3 Å². The highest BCUT2D eigenvalue weighted by Gasteiger charge is 2.26. The lowest BCUT2D eigenvalue weighted by atomic mass is 10.0. The van der Waals surface area contributed by atoms with Crippen LogP contribution >= 0.6 is 0 Å². The molecule has 1 atom stereocenters. The van der Waals surface area contributed by atoms with E-state index in [4.69, 9.17) is 10.5 Å². The molecule has 0 aliphatic carbocycles. The summed E-state index contributed by atoms with van der Waals surface area (Å²) in [6.45, 7) is 5.82. The summed E-state index contributed by atoms with van der Waals surface area (Å²) in [5.41, 5.74) is 7.20. The summed E-state index contributed by atoms with van der Waals surface area (Å²) in [4.78, 5) is 6.70. The van der Waals surface area contributed by atoms with Crippen molar-refractivity contribution in [1.82, 2.24) is 14.5 Å². The van der Waals surface area contributed by atoms with Gasteiger partial charge in [0.2, 0.25) is 0 Å². The maximum atomic E-state index is 5.97. The van der Waals surface area contributed by atoms with Crippen molar-refractivity contribution >= 4 is 0 Å².